The number of hydrogen-bond acceptors (Lipinski definition) is 5. The van der Waals surface area contributed by atoms with Crippen molar-refractivity contribution < 1.29 is 19.1 Å². The third-order valence-electron chi connectivity index (χ3n) is 3.35. The average molecular weight is 309 g/mol. The van der Waals surface area contributed by atoms with Gasteiger partial charge < -0.3 is 20.5 Å². The second-order valence-electron chi connectivity index (χ2n) is 4.87. The Hall–Kier alpha value is -0.850. The molecule has 0 saturated carbocycles. The first-order chi connectivity index (χ1) is 9.06. The zero-order chi connectivity index (χ0) is 14.3. The molecule has 0 aromatic rings. The molecule has 0 spiro atoms. The molecule has 1 aliphatic rings. The molecule has 1 rings (SSSR count). The van der Waals surface area contributed by atoms with Crippen molar-refractivity contribution in [1.82, 2.24) is 5.32 Å². The summed E-state index contributed by atoms with van der Waals surface area (Å²) in [4.78, 5) is 23.3. The molecule has 20 heavy (non-hydrogen) atoms. The highest BCUT2D eigenvalue weighted by Crippen LogP contribution is 2.17. The van der Waals surface area contributed by atoms with E-state index >= 15 is 0 Å². The van der Waals surface area contributed by atoms with Crippen LogP contribution in [0.3, 0.4) is 0 Å². The minimum atomic E-state index is -0.529. The predicted octanol–water partition coefficient (Wildman–Crippen LogP) is 0.478. The molecule has 1 fully saturated rings. The Kier molecular flexibility index (Phi) is 9.54. The van der Waals surface area contributed by atoms with Gasteiger partial charge in [-0.25, -0.2) is 0 Å². The first-order valence-corrected chi connectivity index (χ1v) is 6.84. The zero-order valence-corrected chi connectivity index (χ0v) is 12.9. The maximum atomic E-state index is 11.9. The summed E-state index contributed by atoms with van der Waals surface area (Å²) in [5, 5.41) is 2.71. The van der Waals surface area contributed by atoms with E-state index in [0.717, 1.165) is 12.8 Å². The van der Waals surface area contributed by atoms with E-state index in [0.29, 0.717) is 19.8 Å². The number of nitrogens with one attached hydrogen (secondary N) is 1. The smallest absolute Gasteiger partial charge is 0.310 e. The molecule has 0 aromatic carbocycles. The fourth-order valence-corrected chi connectivity index (χ4v) is 2.03. The molecule has 7 heteroatoms. The average Bonchev–Trinajstić information content (AvgIpc) is 2.44. The molecule has 0 radical (unpaired) electrons. The number of nitrogens with two attached hydrogens (primary N) is 1. The number of amides is 1. The Balaban J connectivity index is 0.00000361. The summed E-state index contributed by atoms with van der Waals surface area (Å²) in [5.41, 5.74) is 5.93. The van der Waals surface area contributed by atoms with Crippen LogP contribution in [-0.4, -0.2) is 44.3 Å². The number of halogens is 1. The fourth-order valence-electron chi connectivity index (χ4n) is 2.03. The largest absolute Gasteiger partial charge is 0.466 e. The zero-order valence-electron chi connectivity index (χ0n) is 12.1. The van der Waals surface area contributed by atoms with Gasteiger partial charge in [0.1, 0.15) is 0 Å². The number of carbonyl (C=O) groups excluding carboxylic acids is 2. The summed E-state index contributed by atoms with van der Waals surface area (Å²) in [6.45, 7) is 5.39. The molecule has 1 aliphatic heterocycles. The van der Waals surface area contributed by atoms with Crippen molar-refractivity contribution in [3.63, 3.8) is 0 Å². The minimum Gasteiger partial charge on any atom is -0.466 e. The first-order valence-electron chi connectivity index (χ1n) is 6.84. The van der Waals surface area contributed by atoms with E-state index in [-0.39, 0.29) is 42.7 Å². The highest BCUT2D eigenvalue weighted by Gasteiger charge is 2.27. The van der Waals surface area contributed by atoms with Gasteiger partial charge in [-0.1, -0.05) is 6.92 Å². The third kappa shape index (κ3) is 6.07. The van der Waals surface area contributed by atoms with Crippen LogP contribution in [-0.2, 0) is 19.1 Å². The van der Waals surface area contributed by atoms with Crippen molar-refractivity contribution in [2.45, 2.75) is 32.7 Å². The fraction of sp³-hybridized carbons (Fsp3) is 0.846. The Morgan fingerprint density at radius 1 is 1.40 bits per heavy atom. The molecule has 0 aromatic heterocycles. The van der Waals surface area contributed by atoms with Crippen LogP contribution in [0.4, 0.5) is 0 Å². The molecule has 2 atom stereocenters. The molecule has 3 N–H and O–H groups in total. The van der Waals surface area contributed by atoms with Crippen LogP contribution in [0.1, 0.15) is 26.7 Å². The van der Waals surface area contributed by atoms with Crippen molar-refractivity contribution >= 4 is 24.3 Å². The third-order valence-corrected chi connectivity index (χ3v) is 3.35. The highest BCUT2D eigenvalue weighted by atomic mass is 35.5. The monoisotopic (exact) mass is 308 g/mol. The number of hydrogen-bond donors (Lipinski definition) is 2. The van der Waals surface area contributed by atoms with Crippen LogP contribution in [0.25, 0.3) is 0 Å². The van der Waals surface area contributed by atoms with E-state index in [2.05, 4.69) is 5.32 Å². The van der Waals surface area contributed by atoms with Crippen LogP contribution < -0.4 is 11.1 Å². The lowest BCUT2D eigenvalue weighted by Gasteiger charge is -2.27. The van der Waals surface area contributed by atoms with Crippen molar-refractivity contribution in [2.24, 2.45) is 17.6 Å². The summed E-state index contributed by atoms with van der Waals surface area (Å²) in [6, 6.07) is -0.529. The van der Waals surface area contributed by atoms with E-state index in [1.165, 1.54) is 0 Å². The first kappa shape index (κ1) is 19.1. The van der Waals surface area contributed by atoms with Crippen LogP contribution in [0, 0.1) is 11.8 Å². The summed E-state index contributed by atoms with van der Waals surface area (Å²) in [5.74, 6) is -0.706. The molecular weight excluding hydrogens is 284 g/mol. The van der Waals surface area contributed by atoms with E-state index in [4.69, 9.17) is 15.2 Å². The molecule has 0 aliphatic carbocycles. The normalized spacial score (nSPS) is 18.6. The van der Waals surface area contributed by atoms with Crippen molar-refractivity contribution in [3.05, 3.63) is 0 Å². The number of ether oxygens (including phenoxy) is 2. The van der Waals surface area contributed by atoms with Gasteiger partial charge in [0.15, 0.2) is 0 Å². The lowest BCUT2D eigenvalue weighted by Crippen LogP contribution is -2.48. The van der Waals surface area contributed by atoms with E-state index < -0.39 is 6.04 Å². The van der Waals surface area contributed by atoms with Crippen molar-refractivity contribution in [1.29, 1.82) is 0 Å². The Labute approximate surface area is 126 Å². The van der Waals surface area contributed by atoms with Crippen LogP contribution in [0.2, 0.25) is 0 Å². The highest BCUT2D eigenvalue weighted by molar-refractivity contribution is 5.85. The Bertz CT molecular complexity index is 309. The van der Waals surface area contributed by atoms with Gasteiger partial charge in [-0.15, -0.1) is 12.4 Å². The predicted molar refractivity (Wildman–Crippen MR) is 77.6 cm³/mol. The van der Waals surface area contributed by atoms with Crippen molar-refractivity contribution in [3.8, 4) is 0 Å². The van der Waals surface area contributed by atoms with Gasteiger partial charge in [0, 0.05) is 19.8 Å². The van der Waals surface area contributed by atoms with Gasteiger partial charge in [0.25, 0.3) is 0 Å². The lowest BCUT2D eigenvalue weighted by atomic mass is 9.92. The summed E-state index contributed by atoms with van der Waals surface area (Å²) in [7, 11) is 0. The molecule has 1 saturated heterocycles. The lowest BCUT2D eigenvalue weighted by molar-refractivity contribution is -0.147. The molecule has 118 valence electrons. The molecule has 1 heterocycles. The quantitative estimate of drug-likeness (QED) is 0.696. The second-order valence-corrected chi connectivity index (χ2v) is 4.87. The summed E-state index contributed by atoms with van der Waals surface area (Å²) in [6.07, 6.45) is 1.62. The van der Waals surface area contributed by atoms with Crippen LogP contribution in [0.5, 0.6) is 0 Å². The molecule has 2 unspecified atom stereocenters. The molecular formula is C13H25ClN2O4. The van der Waals surface area contributed by atoms with E-state index in [9.17, 15) is 9.59 Å². The second kappa shape index (κ2) is 9.96. The van der Waals surface area contributed by atoms with E-state index in [1.807, 2.05) is 0 Å². The summed E-state index contributed by atoms with van der Waals surface area (Å²) < 4.78 is 10.1. The van der Waals surface area contributed by atoms with Gasteiger partial charge in [-0.05, 0) is 25.7 Å². The number of rotatable bonds is 6. The molecule has 1 amide bonds. The summed E-state index contributed by atoms with van der Waals surface area (Å²) >= 11 is 0. The minimum absolute atomic E-state index is 0. The van der Waals surface area contributed by atoms with Crippen LogP contribution >= 0.6 is 12.4 Å². The van der Waals surface area contributed by atoms with Gasteiger partial charge in [0.2, 0.25) is 5.91 Å². The van der Waals surface area contributed by atoms with Gasteiger partial charge >= 0.3 is 5.97 Å². The Morgan fingerprint density at radius 2 is 2.00 bits per heavy atom. The molecule has 6 nitrogen and oxygen atoms in total. The number of esters is 1. The van der Waals surface area contributed by atoms with Crippen LogP contribution in [0.15, 0.2) is 0 Å². The van der Waals surface area contributed by atoms with E-state index in [1.54, 1.807) is 13.8 Å². The molecule has 0 bridgehead atoms. The maximum Gasteiger partial charge on any atom is 0.310 e. The van der Waals surface area contributed by atoms with Crippen molar-refractivity contribution in [2.75, 3.05) is 26.4 Å². The number of carbonyl (C=O) groups is 2. The standard InChI is InChI=1S/C13H24N2O4.ClH/c1-3-19-13(17)9(2)8-15-12(16)11(14)10-4-6-18-7-5-10;/h9-11H,3-8,14H2,1-2H3,(H,15,16);1H. The Morgan fingerprint density at radius 3 is 2.55 bits per heavy atom. The van der Waals surface area contributed by atoms with Gasteiger partial charge in [-0.2, -0.15) is 0 Å². The SMILES string of the molecule is CCOC(=O)C(C)CNC(=O)C(N)C1CCOCC1.Cl. The topological polar surface area (TPSA) is 90.7 Å². The van der Waals surface area contributed by atoms with Gasteiger partial charge in [0.05, 0.1) is 18.6 Å². The maximum absolute atomic E-state index is 11.9. The van der Waals surface area contributed by atoms with Gasteiger partial charge in [-0.3, -0.25) is 9.59 Å².